The van der Waals surface area contributed by atoms with Crippen molar-refractivity contribution < 1.29 is 14.4 Å². The second-order valence-electron chi connectivity index (χ2n) is 6.21. The molecule has 1 saturated heterocycles. The summed E-state index contributed by atoms with van der Waals surface area (Å²) in [4.78, 5) is 40.4. The molecular weight excluding hydrogens is 294 g/mol. The third kappa shape index (κ3) is 2.21. The molecule has 0 unspecified atom stereocenters. The molecule has 0 radical (unpaired) electrons. The van der Waals surface area contributed by atoms with Gasteiger partial charge in [0.15, 0.2) is 0 Å². The van der Waals surface area contributed by atoms with Gasteiger partial charge in [0.05, 0.1) is 0 Å². The molecule has 0 saturated carbocycles. The van der Waals surface area contributed by atoms with E-state index in [4.69, 9.17) is 0 Å². The van der Waals surface area contributed by atoms with Gasteiger partial charge in [-0.1, -0.05) is 23.8 Å². The number of hydrogen-bond donors (Lipinski definition) is 1. The quantitative estimate of drug-likeness (QED) is 0.659. The van der Waals surface area contributed by atoms with Crippen molar-refractivity contribution in [3.63, 3.8) is 0 Å². The van der Waals surface area contributed by atoms with Crippen molar-refractivity contribution >= 4 is 23.5 Å². The number of barbiturate groups is 1. The molecule has 2 aliphatic heterocycles. The van der Waals surface area contributed by atoms with Crippen LogP contribution in [0.4, 0.5) is 10.5 Å². The molecule has 0 aliphatic carbocycles. The SMILES string of the molecule is C=CCN1C(=O)NC(=O)[C@]2(Cc3cc(C)ccc3N(C)C2)C1=O. The molecule has 6 nitrogen and oxygen atoms in total. The van der Waals surface area contributed by atoms with E-state index in [-0.39, 0.29) is 13.1 Å². The Balaban J connectivity index is 2.07. The average molecular weight is 313 g/mol. The number of urea groups is 1. The van der Waals surface area contributed by atoms with Crippen molar-refractivity contribution in [3.8, 4) is 0 Å². The summed E-state index contributed by atoms with van der Waals surface area (Å²) < 4.78 is 0. The molecule has 0 bridgehead atoms. The Kier molecular flexibility index (Phi) is 3.47. The first-order valence-electron chi connectivity index (χ1n) is 7.48. The Hall–Kier alpha value is -2.63. The van der Waals surface area contributed by atoms with E-state index in [0.29, 0.717) is 6.42 Å². The topological polar surface area (TPSA) is 69.7 Å². The van der Waals surface area contributed by atoms with E-state index in [0.717, 1.165) is 21.7 Å². The van der Waals surface area contributed by atoms with Crippen LogP contribution in [0.2, 0.25) is 0 Å². The molecule has 120 valence electrons. The van der Waals surface area contributed by atoms with Gasteiger partial charge >= 0.3 is 6.03 Å². The zero-order chi connectivity index (χ0) is 16.8. The fourth-order valence-corrected chi connectivity index (χ4v) is 3.42. The minimum absolute atomic E-state index is 0.0874. The maximum atomic E-state index is 12.9. The van der Waals surface area contributed by atoms with Crippen LogP contribution in [-0.4, -0.2) is 42.9 Å². The molecule has 1 atom stereocenters. The molecule has 1 fully saturated rings. The predicted octanol–water partition coefficient (Wildman–Crippen LogP) is 1.24. The molecule has 23 heavy (non-hydrogen) atoms. The van der Waals surface area contributed by atoms with Crippen LogP contribution in [0.5, 0.6) is 0 Å². The number of anilines is 1. The molecule has 4 amide bonds. The smallest absolute Gasteiger partial charge is 0.331 e. The number of nitrogens with one attached hydrogen (secondary N) is 1. The number of fused-ring (bicyclic) bond motifs is 1. The first-order chi connectivity index (χ1) is 10.9. The summed E-state index contributed by atoms with van der Waals surface area (Å²) in [6.07, 6.45) is 1.77. The van der Waals surface area contributed by atoms with Gasteiger partial charge in [0.2, 0.25) is 11.8 Å². The monoisotopic (exact) mass is 313 g/mol. The highest BCUT2D eigenvalue weighted by Crippen LogP contribution is 2.39. The van der Waals surface area contributed by atoms with Crippen LogP contribution >= 0.6 is 0 Å². The van der Waals surface area contributed by atoms with Gasteiger partial charge in [0.1, 0.15) is 5.41 Å². The second kappa shape index (κ2) is 5.22. The number of imide groups is 2. The number of carbonyl (C=O) groups excluding carboxylic acids is 3. The van der Waals surface area contributed by atoms with Crippen molar-refractivity contribution in [3.05, 3.63) is 42.0 Å². The fraction of sp³-hybridized carbons (Fsp3) is 0.353. The number of benzene rings is 1. The third-order valence-corrected chi connectivity index (χ3v) is 4.51. The molecule has 0 aromatic heterocycles. The maximum absolute atomic E-state index is 12.9. The summed E-state index contributed by atoms with van der Waals surface area (Å²) in [6, 6.07) is 5.31. The molecule has 2 aliphatic rings. The second-order valence-corrected chi connectivity index (χ2v) is 6.21. The summed E-state index contributed by atoms with van der Waals surface area (Å²) >= 11 is 0. The number of aryl methyl sites for hydroxylation is 1. The lowest BCUT2D eigenvalue weighted by Gasteiger charge is -2.45. The van der Waals surface area contributed by atoms with Crippen molar-refractivity contribution in [1.29, 1.82) is 0 Å². The highest BCUT2D eigenvalue weighted by molar-refractivity contribution is 6.20. The van der Waals surface area contributed by atoms with Crippen molar-refractivity contribution in [2.45, 2.75) is 13.3 Å². The summed E-state index contributed by atoms with van der Waals surface area (Å²) in [5.74, 6) is -0.975. The van der Waals surface area contributed by atoms with Crippen LogP contribution in [-0.2, 0) is 16.0 Å². The lowest BCUT2D eigenvalue weighted by Crippen LogP contribution is -2.68. The van der Waals surface area contributed by atoms with Gasteiger partial charge in [0, 0.05) is 25.8 Å². The summed E-state index contributed by atoms with van der Waals surface area (Å²) in [7, 11) is 1.85. The Labute approximate surface area is 134 Å². The molecule has 1 spiro atoms. The van der Waals surface area contributed by atoms with Gasteiger partial charge in [-0.15, -0.1) is 6.58 Å². The normalized spacial score (nSPS) is 23.8. The van der Waals surface area contributed by atoms with Crippen molar-refractivity contribution in [2.75, 3.05) is 25.0 Å². The van der Waals surface area contributed by atoms with Gasteiger partial charge in [-0.25, -0.2) is 4.79 Å². The first-order valence-corrected chi connectivity index (χ1v) is 7.48. The largest absolute Gasteiger partial charge is 0.373 e. The van der Waals surface area contributed by atoms with Crippen molar-refractivity contribution in [2.24, 2.45) is 5.41 Å². The van der Waals surface area contributed by atoms with Gasteiger partial charge in [-0.2, -0.15) is 0 Å². The van der Waals surface area contributed by atoms with Crippen LogP contribution in [0.25, 0.3) is 0 Å². The number of hydrogen-bond acceptors (Lipinski definition) is 4. The van der Waals surface area contributed by atoms with E-state index in [9.17, 15) is 14.4 Å². The van der Waals surface area contributed by atoms with Gasteiger partial charge in [-0.3, -0.25) is 19.8 Å². The van der Waals surface area contributed by atoms with Crippen LogP contribution in [0, 0.1) is 12.3 Å². The number of rotatable bonds is 2. The summed E-state index contributed by atoms with van der Waals surface area (Å²) in [6.45, 7) is 5.87. The van der Waals surface area contributed by atoms with Crippen molar-refractivity contribution in [1.82, 2.24) is 10.2 Å². The van der Waals surface area contributed by atoms with Crippen LogP contribution in [0.3, 0.4) is 0 Å². The van der Waals surface area contributed by atoms with Crippen LogP contribution < -0.4 is 10.2 Å². The predicted molar refractivity (Wildman–Crippen MR) is 86.0 cm³/mol. The average Bonchev–Trinajstić information content (AvgIpc) is 2.49. The minimum atomic E-state index is -1.27. The Bertz CT molecular complexity index is 728. The van der Waals surface area contributed by atoms with E-state index in [1.54, 1.807) is 0 Å². The molecule has 1 N–H and O–H groups in total. The highest BCUT2D eigenvalue weighted by Gasteiger charge is 2.56. The van der Waals surface area contributed by atoms with Gasteiger partial charge < -0.3 is 4.90 Å². The van der Waals surface area contributed by atoms with Crippen LogP contribution in [0.1, 0.15) is 11.1 Å². The molecule has 1 aromatic rings. The van der Waals surface area contributed by atoms with E-state index in [1.165, 1.54) is 6.08 Å². The lowest BCUT2D eigenvalue weighted by molar-refractivity contribution is -0.150. The van der Waals surface area contributed by atoms with E-state index >= 15 is 0 Å². The maximum Gasteiger partial charge on any atom is 0.331 e. The number of amides is 4. The zero-order valence-electron chi connectivity index (χ0n) is 13.3. The molecule has 6 heteroatoms. The number of carbonyl (C=O) groups is 3. The Morgan fingerprint density at radius 1 is 1.35 bits per heavy atom. The lowest BCUT2D eigenvalue weighted by atomic mass is 9.74. The zero-order valence-corrected chi connectivity index (χ0v) is 13.3. The Morgan fingerprint density at radius 2 is 2.09 bits per heavy atom. The van der Waals surface area contributed by atoms with E-state index < -0.39 is 23.3 Å². The molecule has 2 heterocycles. The van der Waals surface area contributed by atoms with Gasteiger partial charge in [-0.05, 0) is 25.0 Å². The minimum Gasteiger partial charge on any atom is -0.373 e. The third-order valence-electron chi connectivity index (χ3n) is 4.51. The van der Waals surface area contributed by atoms with E-state index in [1.807, 2.05) is 37.1 Å². The fourth-order valence-electron chi connectivity index (χ4n) is 3.42. The Morgan fingerprint density at radius 3 is 2.78 bits per heavy atom. The summed E-state index contributed by atoms with van der Waals surface area (Å²) in [5, 5.41) is 2.32. The standard InChI is InChI=1S/C17H19N3O3/c1-4-7-20-15(22)17(14(21)18-16(20)23)9-12-8-11(2)5-6-13(12)19(3)10-17/h4-6,8H,1,7,9-10H2,2-3H3,(H,18,21,23)/t17-/m1/s1. The molecular formula is C17H19N3O3. The first kappa shape index (κ1) is 15.3. The van der Waals surface area contributed by atoms with Crippen LogP contribution in [0.15, 0.2) is 30.9 Å². The van der Waals surface area contributed by atoms with E-state index in [2.05, 4.69) is 11.9 Å². The summed E-state index contributed by atoms with van der Waals surface area (Å²) in [5.41, 5.74) is 1.74. The highest BCUT2D eigenvalue weighted by atomic mass is 16.2. The van der Waals surface area contributed by atoms with Gasteiger partial charge in [0.25, 0.3) is 0 Å². The molecule has 1 aromatic carbocycles. The number of nitrogens with zero attached hydrogens (tertiary/aromatic N) is 2. The molecule has 3 rings (SSSR count).